The molecule has 3 N–H and O–H groups in total. The first-order chi connectivity index (χ1) is 23.7. The molecule has 4 aromatic rings. The molecule has 13 heteroatoms. The summed E-state index contributed by atoms with van der Waals surface area (Å²) in [4.78, 5) is 18.0. The Morgan fingerprint density at radius 2 is 1.43 bits per heavy atom. The zero-order valence-electron chi connectivity index (χ0n) is 28.6. The van der Waals surface area contributed by atoms with E-state index < -0.39 is 37.0 Å². The first-order valence-electron chi connectivity index (χ1n) is 16.3. The number of anilines is 1. The minimum Gasteiger partial charge on any atom is -0.497 e. The third kappa shape index (κ3) is 9.48. The number of nitrogens with zero attached hydrogens (tertiary/aromatic N) is 2. The minimum atomic E-state index is -2.37. The molecule has 1 aliphatic rings. The quantitative estimate of drug-likeness (QED) is 0.108. The van der Waals surface area contributed by atoms with Crippen LogP contribution in [-0.4, -0.2) is 62.2 Å². The van der Waals surface area contributed by atoms with Crippen molar-refractivity contribution < 1.29 is 32.9 Å². The van der Waals surface area contributed by atoms with Crippen LogP contribution in [0.3, 0.4) is 0 Å². The molecule has 262 valence electrons. The van der Waals surface area contributed by atoms with Crippen LogP contribution in [0.2, 0.25) is 0 Å². The Kier molecular flexibility index (Phi) is 14.2. The van der Waals surface area contributed by atoms with E-state index in [1.165, 1.54) is 36.5 Å². The fourth-order valence-electron chi connectivity index (χ4n) is 5.92. The van der Waals surface area contributed by atoms with Crippen LogP contribution in [-0.2, 0) is 36.4 Å². The number of nitrogens with one attached hydrogen (secondary N) is 1. The van der Waals surface area contributed by atoms with Crippen molar-refractivity contribution in [1.82, 2.24) is 9.55 Å². The number of nitrogens with two attached hydrogens (primary N) is 1. The summed E-state index contributed by atoms with van der Waals surface area (Å²) in [5, 5.41) is 0. The molecular weight excluding hydrogens is 663 g/mol. The maximum atomic E-state index is 12.6. The monoisotopic (exact) mass is 709 g/mol. The largest absolute Gasteiger partial charge is 0.497 e. The molecule has 1 aliphatic heterocycles. The van der Waals surface area contributed by atoms with Crippen LogP contribution in [0.1, 0.15) is 50.1 Å². The second-order valence-corrected chi connectivity index (χ2v) is 13.0. The van der Waals surface area contributed by atoms with E-state index >= 15 is 0 Å². The highest BCUT2D eigenvalue weighted by Crippen LogP contribution is 2.43. The maximum Gasteiger partial charge on any atom is 0.372 e. The second kappa shape index (κ2) is 18.3. The van der Waals surface area contributed by atoms with E-state index in [4.69, 9.17) is 41.5 Å². The van der Waals surface area contributed by atoms with Gasteiger partial charge in [0.05, 0.1) is 40.5 Å². The first-order valence-corrected chi connectivity index (χ1v) is 18.5. The zero-order valence-corrected chi connectivity index (χ0v) is 30.3. The molecule has 2 heterocycles. The fraction of sp³-hybridized carbons (Fsp3) is 0.389. The number of hydrogen-bond acceptors (Lipinski definition) is 10. The molecular formula is C36H46N4O7PS+. The molecule has 3 aromatic carbocycles. The van der Waals surface area contributed by atoms with Crippen molar-refractivity contribution >= 4 is 25.3 Å². The summed E-state index contributed by atoms with van der Waals surface area (Å²) >= 11 is 4.87. The smallest absolute Gasteiger partial charge is 0.372 e. The van der Waals surface area contributed by atoms with Gasteiger partial charge in [0, 0.05) is 12.6 Å². The lowest BCUT2D eigenvalue weighted by Gasteiger charge is -2.37. The molecule has 0 saturated carbocycles. The van der Waals surface area contributed by atoms with E-state index in [9.17, 15) is 9.36 Å². The van der Waals surface area contributed by atoms with Crippen LogP contribution < -0.4 is 25.8 Å². The van der Waals surface area contributed by atoms with Gasteiger partial charge in [-0.2, -0.15) is 9.51 Å². The van der Waals surface area contributed by atoms with Crippen molar-refractivity contribution in [1.29, 1.82) is 0 Å². The van der Waals surface area contributed by atoms with Gasteiger partial charge in [-0.05, 0) is 67.8 Å². The number of quaternary nitrogens is 1. The van der Waals surface area contributed by atoms with Gasteiger partial charge in [0.2, 0.25) is 0 Å². The molecule has 1 saturated heterocycles. The van der Waals surface area contributed by atoms with Crippen molar-refractivity contribution in [2.24, 2.45) is 0 Å². The minimum absolute atomic E-state index is 0.00375. The summed E-state index contributed by atoms with van der Waals surface area (Å²) in [5.74, 6) is 1.49. The molecule has 5 rings (SSSR count). The van der Waals surface area contributed by atoms with Gasteiger partial charge >= 0.3 is 12.9 Å². The van der Waals surface area contributed by atoms with Crippen LogP contribution in [0.5, 0.6) is 11.5 Å². The molecule has 1 unspecified atom stereocenters. The molecule has 0 amide bonds. The van der Waals surface area contributed by atoms with E-state index in [0.717, 1.165) is 16.7 Å². The standard InChI is InChI=1S/C30H30N3O7PS.C6H15N/c1-36-23-12-8-21(9-13-23)30(20-6-4-3-5-7-20,22-10-14-24(37-2)15-11-22)38-19-26-25(40-41(35)42)18-28(39-26)33-17-16-27(31)32-29(33)34;1-4-7(5-2)6-3/h3-17,25-26,28H,18-19H2,1-2H3,(H2,31,32,34);4-6H2,1-3H3/p+1/t25-,26+,28+;/m0./s1. The Hall–Kier alpha value is -3.77. The van der Waals surface area contributed by atoms with Gasteiger partial charge in [0.1, 0.15) is 41.4 Å². The van der Waals surface area contributed by atoms with Crippen molar-refractivity contribution in [3.63, 3.8) is 0 Å². The normalized spacial score (nSPS) is 17.7. The molecule has 4 atom stereocenters. The lowest BCUT2D eigenvalue weighted by atomic mass is 9.80. The van der Waals surface area contributed by atoms with E-state index in [1.807, 2.05) is 78.9 Å². The lowest BCUT2D eigenvalue weighted by molar-refractivity contribution is -0.894. The highest BCUT2D eigenvalue weighted by atomic mass is 32.7. The molecule has 0 radical (unpaired) electrons. The second-order valence-electron chi connectivity index (χ2n) is 11.4. The predicted molar refractivity (Wildman–Crippen MR) is 192 cm³/mol. The number of methoxy groups -OCH3 is 2. The van der Waals surface area contributed by atoms with Crippen LogP contribution in [0.15, 0.2) is 95.9 Å². The molecule has 1 aromatic heterocycles. The van der Waals surface area contributed by atoms with Gasteiger partial charge in [-0.25, -0.2) is 4.79 Å². The topological polar surface area (TPSA) is 129 Å². The van der Waals surface area contributed by atoms with Gasteiger partial charge in [-0.1, -0.05) is 59.2 Å². The lowest BCUT2D eigenvalue weighted by Crippen LogP contribution is -3.11. The van der Waals surface area contributed by atoms with Crippen molar-refractivity contribution in [3.8, 4) is 11.5 Å². The van der Waals surface area contributed by atoms with E-state index in [2.05, 4.69) is 25.8 Å². The Balaban J connectivity index is 0.000000698. The Bertz CT molecular complexity index is 1620. The summed E-state index contributed by atoms with van der Waals surface area (Å²) in [5.41, 5.74) is 6.51. The number of aromatic nitrogens is 2. The molecule has 0 spiro atoms. The van der Waals surface area contributed by atoms with Crippen LogP contribution >= 0.6 is 7.23 Å². The van der Waals surface area contributed by atoms with Crippen molar-refractivity contribution in [3.05, 3.63) is 118 Å². The van der Waals surface area contributed by atoms with Gasteiger partial charge in [0.15, 0.2) is 0 Å². The highest BCUT2D eigenvalue weighted by molar-refractivity contribution is 8.25. The van der Waals surface area contributed by atoms with Crippen LogP contribution in [0.4, 0.5) is 5.82 Å². The van der Waals surface area contributed by atoms with Crippen LogP contribution in [0.25, 0.3) is 0 Å². The zero-order chi connectivity index (χ0) is 35.4. The van der Waals surface area contributed by atoms with E-state index in [0.29, 0.717) is 11.5 Å². The third-order valence-corrected chi connectivity index (χ3v) is 9.40. The number of nitrogen functional groups attached to an aromatic ring is 1. The molecule has 0 aliphatic carbocycles. The summed E-state index contributed by atoms with van der Waals surface area (Å²) in [7, 11) is 0.847. The Morgan fingerprint density at radius 1 is 0.898 bits per heavy atom. The van der Waals surface area contributed by atoms with Crippen molar-refractivity contribution in [2.75, 3.05) is 46.2 Å². The van der Waals surface area contributed by atoms with E-state index in [-0.39, 0.29) is 18.8 Å². The van der Waals surface area contributed by atoms with Gasteiger partial charge < -0.3 is 41.8 Å². The first kappa shape index (κ1) is 38.0. The maximum absolute atomic E-state index is 12.6. The highest BCUT2D eigenvalue weighted by Gasteiger charge is 2.44. The predicted octanol–water partition coefficient (Wildman–Crippen LogP) is 4.66. The molecule has 11 nitrogen and oxygen atoms in total. The number of ether oxygens (including phenoxy) is 4. The van der Waals surface area contributed by atoms with Crippen LogP contribution in [0, 0.1) is 0 Å². The van der Waals surface area contributed by atoms with Gasteiger partial charge in [-0.15, -0.1) is 0 Å². The molecule has 0 bridgehead atoms. The van der Waals surface area contributed by atoms with Crippen molar-refractivity contribution in [2.45, 2.75) is 51.2 Å². The number of benzene rings is 3. The molecule has 49 heavy (non-hydrogen) atoms. The summed E-state index contributed by atoms with van der Waals surface area (Å²) < 4.78 is 43.0. The summed E-state index contributed by atoms with van der Waals surface area (Å²) in [6.07, 6.45) is -0.462. The average Bonchev–Trinajstić information content (AvgIpc) is 3.51. The number of hydrogen-bond donors (Lipinski definition) is 2. The third-order valence-electron chi connectivity index (χ3n) is 8.70. The Labute approximate surface area is 294 Å². The fourth-order valence-corrected chi connectivity index (χ4v) is 6.69. The van der Waals surface area contributed by atoms with Gasteiger partial charge in [-0.3, -0.25) is 4.57 Å². The molecule has 1 fully saturated rings. The average molecular weight is 710 g/mol. The Morgan fingerprint density at radius 3 is 1.88 bits per heavy atom. The van der Waals surface area contributed by atoms with E-state index in [1.54, 1.807) is 19.1 Å². The summed E-state index contributed by atoms with van der Waals surface area (Å²) in [6, 6.07) is 26.6. The van der Waals surface area contributed by atoms with Gasteiger partial charge in [0.25, 0.3) is 0 Å². The SMILES string of the molecule is CC[NH+](CC)CC.COc1ccc(C(OC[C@H]2O[C@@H](n3ccc(N)nc3=O)C[C@@H]2O[P+](=O)[S-])(c2ccccc2)c2ccc(OC)cc2)cc1. The summed E-state index contributed by atoms with van der Waals surface area (Å²) in [6.45, 7) is 10.5. The number of rotatable bonds is 14.